The summed E-state index contributed by atoms with van der Waals surface area (Å²) in [5.41, 5.74) is 0. The van der Waals surface area contributed by atoms with Crippen LogP contribution in [0.2, 0.25) is 0 Å². The minimum absolute atomic E-state index is 0.0229. The predicted molar refractivity (Wildman–Crippen MR) is 66.2 cm³/mol. The van der Waals surface area contributed by atoms with Crippen LogP contribution in [0.3, 0.4) is 0 Å². The third-order valence-corrected chi connectivity index (χ3v) is 2.75. The zero-order valence-corrected chi connectivity index (χ0v) is 11.3. The van der Waals surface area contributed by atoms with E-state index >= 15 is 0 Å². The zero-order chi connectivity index (χ0) is 13.5. The summed E-state index contributed by atoms with van der Waals surface area (Å²) >= 11 is 0. The average molecular weight is 258 g/mol. The van der Waals surface area contributed by atoms with Crippen LogP contribution in [-0.4, -0.2) is 55.3 Å². The molecule has 0 aromatic rings. The van der Waals surface area contributed by atoms with E-state index in [2.05, 4.69) is 5.32 Å². The Morgan fingerprint density at radius 3 is 2.72 bits per heavy atom. The molecule has 1 unspecified atom stereocenters. The molecule has 104 valence electrons. The molecule has 0 spiro atoms. The summed E-state index contributed by atoms with van der Waals surface area (Å²) < 4.78 is 10.1. The average Bonchev–Trinajstić information content (AvgIpc) is 2.78. The second-order valence-electron chi connectivity index (χ2n) is 4.54. The first-order valence-electron chi connectivity index (χ1n) is 6.35. The van der Waals surface area contributed by atoms with Crippen molar-refractivity contribution in [1.29, 1.82) is 0 Å². The van der Waals surface area contributed by atoms with E-state index in [1.54, 1.807) is 6.92 Å². The minimum Gasteiger partial charge on any atom is -0.465 e. The molecule has 1 aliphatic rings. The van der Waals surface area contributed by atoms with Gasteiger partial charge in [0.05, 0.1) is 19.3 Å². The molecule has 0 aliphatic carbocycles. The van der Waals surface area contributed by atoms with Gasteiger partial charge in [0.15, 0.2) is 0 Å². The highest BCUT2D eigenvalue weighted by Gasteiger charge is 2.24. The topological polar surface area (TPSA) is 67.9 Å². The number of nitrogens with zero attached hydrogens (tertiary/aromatic N) is 1. The van der Waals surface area contributed by atoms with Crippen molar-refractivity contribution >= 4 is 12.0 Å². The first-order chi connectivity index (χ1) is 8.54. The molecule has 18 heavy (non-hydrogen) atoms. The molecule has 1 heterocycles. The zero-order valence-electron chi connectivity index (χ0n) is 11.3. The van der Waals surface area contributed by atoms with Gasteiger partial charge in [-0.1, -0.05) is 0 Å². The number of esters is 1. The van der Waals surface area contributed by atoms with Crippen molar-refractivity contribution in [2.75, 3.05) is 26.4 Å². The molecular formula is C12H22N2O4. The van der Waals surface area contributed by atoms with Crippen LogP contribution < -0.4 is 5.32 Å². The molecule has 1 aliphatic heterocycles. The number of hydrogen-bond acceptors (Lipinski definition) is 4. The Hall–Kier alpha value is -1.30. The highest BCUT2D eigenvalue weighted by molar-refractivity contribution is 5.81. The SMILES string of the molecule is CCOC(=O)CN(C(=O)NC1CCOC1)C(C)C. The minimum atomic E-state index is -0.385. The molecule has 1 fully saturated rings. The van der Waals surface area contributed by atoms with Gasteiger partial charge in [-0.2, -0.15) is 0 Å². The van der Waals surface area contributed by atoms with Gasteiger partial charge in [0, 0.05) is 12.6 Å². The Bertz CT molecular complexity index is 288. The van der Waals surface area contributed by atoms with Gasteiger partial charge in [-0.25, -0.2) is 4.79 Å². The maximum Gasteiger partial charge on any atom is 0.325 e. The van der Waals surface area contributed by atoms with E-state index < -0.39 is 0 Å². The van der Waals surface area contributed by atoms with Gasteiger partial charge in [0.1, 0.15) is 6.54 Å². The van der Waals surface area contributed by atoms with Crippen molar-refractivity contribution in [1.82, 2.24) is 10.2 Å². The number of amides is 2. The summed E-state index contributed by atoms with van der Waals surface area (Å²) in [4.78, 5) is 24.9. The molecule has 1 atom stereocenters. The van der Waals surface area contributed by atoms with E-state index in [4.69, 9.17) is 9.47 Å². The first kappa shape index (κ1) is 14.8. The molecule has 1 rings (SSSR count). The second-order valence-corrected chi connectivity index (χ2v) is 4.54. The number of ether oxygens (including phenoxy) is 2. The fourth-order valence-corrected chi connectivity index (χ4v) is 1.74. The molecule has 0 aromatic carbocycles. The number of nitrogens with one attached hydrogen (secondary N) is 1. The molecule has 1 saturated heterocycles. The molecule has 0 saturated carbocycles. The highest BCUT2D eigenvalue weighted by atomic mass is 16.5. The number of rotatable bonds is 5. The van der Waals surface area contributed by atoms with Crippen molar-refractivity contribution in [3.63, 3.8) is 0 Å². The van der Waals surface area contributed by atoms with E-state index in [1.807, 2.05) is 13.8 Å². The lowest BCUT2D eigenvalue weighted by Crippen LogP contribution is -2.50. The van der Waals surface area contributed by atoms with Gasteiger partial charge in [0.25, 0.3) is 0 Å². The number of urea groups is 1. The van der Waals surface area contributed by atoms with Crippen LogP contribution in [-0.2, 0) is 14.3 Å². The van der Waals surface area contributed by atoms with Crippen LogP contribution in [0.5, 0.6) is 0 Å². The molecular weight excluding hydrogens is 236 g/mol. The fraction of sp³-hybridized carbons (Fsp3) is 0.833. The van der Waals surface area contributed by atoms with Crippen LogP contribution in [0, 0.1) is 0 Å². The van der Waals surface area contributed by atoms with Gasteiger partial charge in [0.2, 0.25) is 0 Å². The van der Waals surface area contributed by atoms with Crippen molar-refractivity contribution in [3.8, 4) is 0 Å². The summed E-state index contributed by atoms with van der Waals surface area (Å²) in [5, 5.41) is 2.86. The molecule has 2 amide bonds. The van der Waals surface area contributed by atoms with Gasteiger partial charge in [-0.05, 0) is 27.2 Å². The summed E-state index contributed by atoms with van der Waals surface area (Å²) in [6.07, 6.45) is 0.817. The number of hydrogen-bond donors (Lipinski definition) is 1. The largest absolute Gasteiger partial charge is 0.465 e. The van der Waals surface area contributed by atoms with Crippen molar-refractivity contribution in [2.45, 2.75) is 39.3 Å². The smallest absolute Gasteiger partial charge is 0.325 e. The maximum atomic E-state index is 12.0. The highest BCUT2D eigenvalue weighted by Crippen LogP contribution is 2.06. The van der Waals surface area contributed by atoms with E-state index in [-0.39, 0.29) is 30.6 Å². The van der Waals surface area contributed by atoms with E-state index in [1.165, 1.54) is 4.90 Å². The van der Waals surface area contributed by atoms with Gasteiger partial charge < -0.3 is 19.7 Å². The van der Waals surface area contributed by atoms with Crippen LogP contribution >= 0.6 is 0 Å². The molecule has 1 N–H and O–H groups in total. The van der Waals surface area contributed by atoms with Gasteiger partial charge >= 0.3 is 12.0 Å². The van der Waals surface area contributed by atoms with Crippen molar-refractivity contribution in [3.05, 3.63) is 0 Å². The fourth-order valence-electron chi connectivity index (χ4n) is 1.74. The van der Waals surface area contributed by atoms with Crippen LogP contribution in [0.25, 0.3) is 0 Å². The summed E-state index contributed by atoms with van der Waals surface area (Å²) in [6.45, 7) is 6.98. The lowest BCUT2D eigenvalue weighted by Gasteiger charge is -2.27. The molecule has 0 radical (unpaired) electrons. The Morgan fingerprint density at radius 2 is 2.22 bits per heavy atom. The van der Waals surface area contributed by atoms with E-state index in [0.29, 0.717) is 19.8 Å². The summed E-state index contributed by atoms with van der Waals surface area (Å²) in [6, 6.07) is -0.258. The lowest BCUT2D eigenvalue weighted by atomic mass is 10.2. The van der Waals surface area contributed by atoms with E-state index in [0.717, 1.165) is 6.42 Å². The molecule has 0 aromatic heterocycles. The van der Waals surface area contributed by atoms with Crippen LogP contribution in [0.1, 0.15) is 27.2 Å². The maximum absolute atomic E-state index is 12.0. The molecule has 0 bridgehead atoms. The third-order valence-electron chi connectivity index (χ3n) is 2.75. The van der Waals surface area contributed by atoms with Gasteiger partial charge in [-0.3, -0.25) is 4.79 Å². The molecule has 6 heteroatoms. The first-order valence-corrected chi connectivity index (χ1v) is 6.35. The van der Waals surface area contributed by atoms with Crippen LogP contribution in [0.4, 0.5) is 4.79 Å². The second kappa shape index (κ2) is 7.20. The standard InChI is InChI=1S/C12H22N2O4/c1-4-18-11(15)7-14(9(2)3)12(16)13-10-5-6-17-8-10/h9-10H,4-8H2,1-3H3,(H,13,16). The van der Waals surface area contributed by atoms with Crippen molar-refractivity contribution in [2.24, 2.45) is 0 Å². The number of carbonyl (C=O) groups excluding carboxylic acids is 2. The Labute approximate surface area is 108 Å². The molecule has 6 nitrogen and oxygen atoms in total. The van der Waals surface area contributed by atoms with Gasteiger partial charge in [-0.15, -0.1) is 0 Å². The predicted octanol–water partition coefficient (Wildman–Crippen LogP) is 0.758. The Kier molecular flexibility index (Phi) is 5.91. The van der Waals surface area contributed by atoms with Crippen LogP contribution in [0.15, 0.2) is 0 Å². The monoisotopic (exact) mass is 258 g/mol. The number of carbonyl (C=O) groups is 2. The normalized spacial score (nSPS) is 18.8. The summed E-state index contributed by atoms with van der Waals surface area (Å²) in [7, 11) is 0. The Balaban J connectivity index is 2.49. The third kappa shape index (κ3) is 4.52. The van der Waals surface area contributed by atoms with Crippen molar-refractivity contribution < 1.29 is 19.1 Å². The van der Waals surface area contributed by atoms with E-state index in [9.17, 15) is 9.59 Å². The quantitative estimate of drug-likeness (QED) is 0.739. The summed E-state index contributed by atoms with van der Waals surface area (Å²) in [5.74, 6) is -0.385. The Morgan fingerprint density at radius 1 is 1.50 bits per heavy atom. The lowest BCUT2D eigenvalue weighted by molar-refractivity contribution is -0.144.